The van der Waals surface area contributed by atoms with E-state index in [2.05, 4.69) is 15.0 Å². The molecular weight excluding hydrogens is 384 g/mol. The molecule has 0 bridgehead atoms. The number of pyridine rings is 1. The molecule has 2 aromatic heterocycles. The third-order valence-electron chi connectivity index (χ3n) is 3.89. The molecular formula is C17H22N6O4S. The third kappa shape index (κ3) is 5.00. The fourth-order valence-electron chi connectivity index (χ4n) is 2.32. The Bertz CT molecular complexity index is 917. The molecule has 1 unspecified atom stereocenters. The molecule has 0 amide bonds. The van der Waals surface area contributed by atoms with Gasteiger partial charge in [-0.1, -0.05) is 11.4 Å². The van der Waals surface area contributed by atoms with Crippen LogP contribution in [-0.2, 0) is 16.1 Å². The Labute approximate surface area is 164 Å². The molecule has 11 heteroatoms. The molecule has 28 heavy (non-hydrogen) atoms. The van der Waals surface area contributed by atoms with E-state index in [1.54, 1.807) is 6.20 Å². The lowest BCUT2D eigenvalue weighted by Crippen LogP contribution is -2.32. The smallest absolute Gasteiger partial charge is 0.353 e. The molecule has 0 radical (unpaired) electrons. The first kappa shape index (κ1) is 21.2. The number of nitrogen functional groups attached to an aromatic ring is 1. The molecule has 0 aromatic carbocycles. The van der Waals surface area contributed by atoms with Crippen LogP contribution in [0.4, 0.5) is 17.3 Å². The Morgan fingerprint density at radius 1 is 1.43 bits per heavy atom. The van der Waals surface area contributed by atoms with Crippen molar-refractivity contribution < 1.29 is 14.5 Å². The van der Waals surface area contributed by atoms with Gasteiger partial charge in [0.25, 0.3) is 0 Å². The number of aryl methyl sites for hydroxylation is 1. The largest absolute Gasteiger partial charge is 0.468 e. The maximum absolute atomic E-state index is 12.0. The molecule has 2 aromatic rings. The number of carbonyl (C=O) groups excluding carboxylic acids is 1. The molecule has 0 fully saturated rings. The van der Waals surface area contributed by atoms with Crippen LogP contribution in [0.5, 0.6) is 0 Å². The first-order valence-corrected chi connectivity index (χ1v) is 9.95. The summed E-state index contributed by atoms with van der Waals surface area (Å²) in [6.45, 7) is 3.61. The van der Waals surface area contributed by atoms with Gasteiger partial charge in [-0.2, -0.15) is 9.97 Å². The summed E-state index contributed by atoms with van der Waals surface area (Å²) >= 11 is 0. The van der Waals surface area contributed by atoms with Crippen LogP contribution in [0.3, 0.4) is 0 Å². The van der Waals surface area contributed by atoms with Gasteiger partial charge in [0.2, 0.25) is 11.6 Å². The minimum absolute atomic E-state index is 0.0281. The zero-order chi connectivity index (χ0) is 20.8. The average Bonchev–Trinajstić information content (AvgIpc) is 2.67. The molecule has 0 saturated carbocycles. The normalized spacial score (nSPS) is 11.9. The van der Waals surface area contributed by atoms with Crippen LogP contribution in [0.25, 0.3) is 0 Å². The van der Waals surface area contributed by atoms with Crippen molar-refractivity contribution >= 4 is 39.1 Å². The minimum atomic E-state index is -0.643. The molecule has 0 aliphatic carbocycles. The number of esters is 1. The van der Waals surface area contributed by atoms with Gasteiger partial charge in [-0.05, 0) is 31.7 Å². The van der Waals surface area contributed by atoms with Gasteiger partial charge in [0.15, 0.2) is 5.16 Å². The highest BCUT2D eigenvalue weighted by molar-refractivity contribution is 8.14. The van der Waals surface area contributed by atoms with Crippen molar-refractivity contribution in [3.05, 3.63) is 39.7 Å². The van der Waals surface area contributed by atoms with Crippen molar-refractivity contribution in [3.8, 4) is 0 Å². The van der Waals surface area contributed by atoms with Gasteiger partial charge in [0.1, 0.15) is 6.54 Å². The maximum atomic E-state index is 12.0. The van der Waals surface area contributed by atoms with Crippen LogP contribution >= 0.6 is 10.5 Å². The number of carbonyl (C=O) groups is 1. The van der Waals surface area contributed by atoms with Crippen LogP contribution in [-0.4, -0.2) is 51.1 Å². The van der Waals surface area contributed by atoms with Gasteiger partial charge in [0, 0.05) is 18.4 Å². The van der Waals surface area contributed by atoms with Gasteiger partial charge < -0.3 is 15.4 Å². The molecule has 2 N–H and O–H groups in total. The average molecular weight is 406 g/mol. The fraction of sp³-hybridized carbons (Fsp3) is 0.353. The highest BCUT2D eigenvalue weighted by Gasteiger charge is 2.29. The number of hydrogen-bond acceptors (Lipinski definition) is 9. The summed E-state index contributed by atoms with van der Waals surface area (Å²) in [5.41, 5.74) is 7.01. The number of nitro groups is 1. The van der Waals surface area contributed by atoms with Crippen molar-refractivity contribution in [1.29, 1.82) is 0 Å². The summed E-state index contributed by atoms with van der Waals surface area (Å²) in [5.74, 6) is -0.839. The van der Waals surface area contributed by atoms with E-state index >= 15 is 0 Å². The summed E-state index contributed by atoms with van der Waals surface area (Å²) in [7, 11) is 0.780. The minimum Gasteiger partial charge on any atom is -0.468 e. The summed E-state index contributed by atoms with van der Waals surface area (Å²) in [5, 5.41) is 13.9. The fourth-order valence-corrected chi connectivity index (χ4v) is 3.01. The molecule has 10 nitrogen and oxygen atoms in total. The Balaban J connectivity index is 2.61. The van der Waals surface area contributed by atoms with Crippen LogP contribution < -0.4 is 10.6 Å². The number of hydrogen-bond donors (Lipinski definition) is 1. The molecule has 0 spiro atoms. The first-order valence-electron chi connectivity index (χ1n) is 8.26. The van der Waals surface area contributed by atoms with Crippen molar-refractivity contribution in [2.45, 2.75) is 25.5 Å². The molecule has 2 heterocycles. The Kier molecular flexibility index (Phi) is 6.99. The molecule has 150 valence electrons. The monoisotopic (exact) mass is 406 g/mol. The quantitative estimate of drug-likeness (QED) is 0.240. The van der Waals surface area contributed by atoms with Crippen molar-refractivity contribution in [1.82, 2.24) is 15.0 Å². The lowest BCUT2D eigenvalue weighted by Gasteiger charge is -2.23. The van der Waals surface area contributed by atoms with Crippen LogP contribution in [0.15, 0.2) is 23.5 Å². The number of methoxy groups -OCH3 is 1. The highest BCUT2D eigenvalue weighted by atomic mass is 32.2. The van der Waals surface area contributed by atoms with Crippen molar-refractivity contribution in [3.63, 3.8) is 0 Å². The Hall–Kier alpha value is -3.08. The van der Waals surface area contributed by atoms with E-state index < -0.39 is 27.1 Å². The number of aromatic nitrogens is 3. The second-order valence-corrected chi connectivity index (χ2v) is 7.81. The molecule has 0 aliphatic heterocycles. The SMILES string of the molecule is C/C=S(/C)c1nc(N)c([N+](=O)[O-])c(N(CC(=O)OC)Cc2ccc(C)nc2)n1. The zero-order valence-corrected chi connectivity index (χ0v) is 16.9. The molecule has 1 atom stereocenters. The van der Waals surface area contributed by atoms with Gasteiger partial charge >= 0.3 is 11.7 Å². The molecule has 0 aliphatic rings. The second-order valence-electron chi connectivity index (χ2n) is 5.85. The van der Waals surface area contributed by atoms with Gasteiger partial charge in [-0.25, -0.2) is 0 Å². The zero-order valence-electron chi connectivity index (χ0n) is 16.1. The first-order chi connectivity index (χ1) is 13.3. The summed E-state index contributed by atoms with van der Waals surface area (Å²) in [6.07, 6.45) is 3.51. The van der Waals surface area contributed by atoms with Gasteiger partial charge in [0.05, 0.1) is 12.0 Å². The maximum Gasteiger partial charge on any atom is 0.353 e. The van der Waals surface area contributed by atoms with E-state index in [0.29, 0.717) is 5.16 Å². The Morgan fingerprint density at radius 2 is 2.14 bits per heavy atom. The molecule has 2 rings (SSSR count). The van der Waals surface area contributed by atoms with Crippen LogP contribution in [0.1, 0.15) is 18.2 Å². The number of anilines is 2. The number of ether oxygens (including phenoxy) is 1. The summed E-state index contributed by atoms with van der Waals surface area (Å²) in [4.78, 5) is 37.1. The van der Waals surface area contributed by atoms with Crippen molar-refractivity contribution in [2.75, 3.05) is 30.5 Å². The van der Waals surface area contributed by atoms with E-state index in [4.69, 9.17) is 10.5 Å². The lowest BCUT2D eigenvalue weighted by molar-refractivity contribution is -0.383. The Morgan fingerprint density at radius 3 is 2.68 bits per heavy atom. The topological polar surface area (TPSA) is 137 Å². The van der Waals surface area contributed by atoms with Crippen LogP contribution in [0, 0.1) is 17.0 Å². The van der Waals surface area contributed by atoms with Gasteiger partial charge in [-0.15, -0.1) is 10.5 Å². The summed E-state index contributed by atoms with van der Waals surface area (Å²) < 4.78 is 4.74. The van der Waals surface area contributed by atoms with E-state index in [0.717, 1.165) is 11.3 Å². The van der Waals surface area contributed by atoms with E-state index in [1.807, 2.05) is 37.6 Å². The number of nitrogens with two attached hydrogens (primary N) is 1. The number of nitrogens with zero attached hydrogens (tertiary/aromatic N) is 5. The van der Waals surface area contributed by atoms with E-state index in [-0.39, 0.29) is 24.7 Å². The summed E-state index contributed by atoms with van der Waals surface area (Å²) in [6, 6.07) is 3.64. The number of rotatable bonds is 7. The highest BCUT2D eigenvalue weighted by Crippen LogP contribution is 2.34. The predicted octanol–water partition coefficient (Wildman–Crippen LogP) is 1.93. The lowest BCUT2D eigenvalue weighted by atomic mass is 10.2. The van der Waals surface area contributed by atoms with Crippen molar-refractivity contribution in [2.24, 2.45) is 0 Å². The van der Waals surface area contributed by atoms with Gasteiger partial charge in [-0.3, -0.25) is 19.9 Å². The molecule has 0 saturated heterocycles. The van der Waals surface area contributed by atoms with Crippen LogP contribution in [0.2, 0.25) is 0 Å². The standard InChI is InChI=1S/C17H22N6O4S/c1-5-28(4)17-20-15(18)14(23(25)26)16(21-17)22(10-13(24)27-3)9-12-7-6-11(2)19-8-12/h5-8H,9-10H2,1-4H3,(H2,18,20,21). The second kappa shape index (κ2) is 9.22. The third-order valence-corrected chi connectivity index (χ3v) is 5.36. The van der Waals surface area contributed by atoms with E-state index in [9.17, 15) is 14.9 Å². The van der Waals surface area contributed by atoms with E-state index in [1.165, 1.54) is 12.0 Å². The predicted molar refractivity (Wildman–Crippen MR) is 109 cm³/mol.